The van der Waals surface area contributed by atoms with Crippen molar-refractivity contribution in [1.29, 1.82) is 0 Å². The van der Waals surface area contributed by atoms with Crippen LogP contribution in [0.4, 0.5) is 0 Å². The second-order valence-corrected chi connectivity index (χ2v) is 6.94. The molecule has 2 aliphatic rings. The van der Waals surface area contributed by atoms with E-state index in [4.69, 9.17) is 4.42 Å². The predicted octanol–water partition coefficient (Wildman–Crippen LogP) is 3.41. The van der Waals surface area contributed by atoms with Crippen LogP contribution in [0.2, 0.25) is 0 Å². The van der Waals surface area contributed by atoms with Gasteiger partial charge in [0.2, 0.25) is 0 Å². The number of aliphatic hydroxyl groups is 1. The second kappa shape index (κ2) is 5.15. The molecule has 1 heterocycles. The van der Waals surface area contributed by atoms with Gasteiger partial charge in [-0.3, -0.25) is 4.90 Å². The molecular weight excluding hydrogens is 262 g/mol. The van der Waals surface area contributed by atoms with Crippen LogP contribution < -0.4 is 0 Å². The van der Waals surface area contributed by atoms with E-state index in [2.05, 4.69) is 30.1 Å². The average molecular weight is 285 g/mol. The molecule has 21 heavy (non-hydrogen) atoms. The van der Waals surface area contributed by atoms with Crippen molar-refractivity contribution in [3.8, 4) is 0 Å². The minimum atomic E-state index is -0.0402. The summed E-state index contributed by atoms with van der Waals surface area (Å²) < 4.78 is 5.93. The Labute approximate surface area is 125 Å². The van der Waals surface area contributed by atoms with Gasteiger partial charge in [0.15, 0.2) is 0 Å². The van der Waals surface area contributed by atoms with E-state index in [0.29, 0.717) is 6.04 Å². The maximum absolute atomic E-state index is 9.75. The van der Waals surface area contributed by atoms with Crippen LogP contribution in [0.25, 0.3) is 11.0 Å². The highest BCUT2D eigenvalue weighted by Crippen LogP contribution is 2.45. The van der Waals surface area contributed by atoms with E-state index in [0.717, 1.165) is 42.6 Å². The third-order valence-corrected chi connectivity index (χ3v) is 5.47. The minimum Gasteiger partial charge on any atom is -0.460 e. The van der Waals surface area contributed by atoms with Crippen molar-refractivity contribution in [2.45, 2.75) is 44.4 Å². The van der Waals surface area contributed by atoms with Crippen molar-refractivity contribution in [3.63, 3.8) is 0 Å². The first-order valence-corrected chi connectivity index (χ1v) is 8.05. The van der Waals surface area contributed by atoms with Gasteiger partial charge in [-0.1, -0.05) is 18.2 Å². The summed E-state index contributed by atoms with van der Waals surface area (Å²) in [7, 11) is 2.20. The van der Waals surface area contributed by atoms with Gasteiger partial charge in [-0.05, 0) is 56.7 Å². The van der Waals surface area contributed by atoms with Crippen molar-refractivity contribution in [2.75, 3.05) is 7.05 Å². The number of benzene rings is 1. The van der Waals surface area contributed by atoms with E-state index >= 15 is 0 Å². The molecule has 0 radical (unpaired) electrons. The van der Waals surface area contributed by atoms with Gasteiger partial charge in [0.25, 0.3) is 0 Å². The zero-order valence-corrected chi connectivity index (χ0v) is 12.5. The van der Waals surface area contributed by atoms with Gasteiger partial charge < -0.3 is 9.52 Å². The van der Waals surface area contributed by atoms with E-state index in [-0.39, 0.29) is 6.10 Å². The van der Waals surface area contributed by atoms with E-state index < -0.39 is 0 Å². The molecule has 0 bridgehead atoms. The van der Waals surface area contributed by atoms with Crippen molar-refractivity contribution >= 4 is 11.0 Å². The van der Waals surface area contributed by atoms with E-state index in [9.17, 15) is 5.11 Å². The molecule has 112 valence electrons. The van der Waals surface area contributed by atoms with Gasteiger partial charge in [-0.15, -0.1) is 0 Å². The monoisotopic (exact) mass is 285 g/mol. The smallest absolute Gasteiger partial charge is 0.134 e. The van der Waals surface area contributed by atoms with Gasteiger partial charge in [0.1, 0.15) is 11.3 Å². The lowest BCUT2D eigenvalue weighted by atomic mass is 10.0. The number of hydrogen-bond donors (Lipinski definition) is 1. The number of fused-ring (bicyclic) bond motifs is 2. The fraction of sp³-hybridized carbons (Fsp3) is 0.556. The van der Waals surface area contributed by atoms with Gasteiger partial charge in [-0.2, -0.15) is 0 Å². The van der Waals surface area contributed by atoms with Gasteiger partial charge in [0, 0.05) is 11.4 Å². The van der Waals surface area contributed by atoms with Crippen LogP contribution in [0.1, 0.15) is 31.4 Å². The Kier molecular flexibility index (Phi) is 3.27. The first kappa shape index (κ1) is 13.4. The fourth-order valence-corrected chi connectivity index (χ4v) is 4.40. The Balaban J connectivity index is 1.43. The summed E-state index contributed by atoms with van der Waals surface area (Å²) in [4.78, 5) is 2.43. The summed E-state index contributed by atoms with van der Waals surface area (Å²) in [6.45, 7) is 0.876. The Morgan fingerprint density at radius 3 is 2.57 bits per heavy atom. The maximum Gasteiger partial charge on any atom is 0.134 e. The number of furan rings is 1. The average Bonchev–Trinajstić information content (AvgIpc) is 3.09. The molecule has 0 saturated heterocycles. The van der Waals surface area contributed by atoms with Crippen LogP contribution in [-0.2, 0) is 6.54 Å². The zero-order chi connectivity index (χ0) is 14.4. The Morgan fingerprint density at radius 1 is 1.14 bits per heavy atom. The van der Waals surface area contributed by atoms with Crippen LogP contribution in [0.3, 0.4) is 0 Å². The quantitative estimate of drug-likeness (QED) is 0.939. The van der Waals surface area contributed by atoms with Crippen molar-refractivity contribution < 1.29 is 9.52 Å². The molecule has 2 unspecified atom stereocenters. The highest BCUT2D eigenvalue weighted by molar-refractivity contribution is 5.77. The lowest BCUT2D eigenvalue weighted by molar-refractivity contribution is 0.156. The van der Waals surface area contributed by atoms with E-state index in [1.165, 1.54) is 18.2 Å². The Hall–Kier alpha value is -1.32. The summed E-state index contributed by atoms with van der Waals surface area (Å²) in [5, 5.41) is 10.9. The zero-order valence-electron chi connectivity index (χ0n) is 12.5. The second-order valence-electron chi connectivity index (χ2n) is 6.94. The van der Waals surface area contributed by atoms with Crippen LogP contribution in [0.5, 0.6) is 0 Å². The molecule has 1 N–H and O–H groups in total. The number of aliphatic hydroxyl groups excluding tert-OH is 1. The van der Waals surface area contributed by atoms with Crippen molar-refractivity contribution in [3.05, 3.63) is 36.1 Å². The maximum atomic E-state index is 9.75. The summed E-state index contributed by atoms with van der Waals surface area (Å²) in [6.07, 6.45) is 4.46. The van der Waals surface area contributed by atoms with Crippen LogP contribution in [0.15, 0.2) is 34.7 Å². The van der Waals surface area contributed by atoms with Gasteiger partial charge in [-0.25, -0.2) is 0 Å². The number of nitrogens with zero attached hydrogens (tertiary/aromatic N) is 1. The molecule has 3 nitrogen and oxygen atoms in total. The lowest BCUT2D eigenvalue weighted by Gasteiger charge is -2.24. The Morgan fingerprint density at radius 2 is 1.86 bits per heavy atom. The third kappa shape index (κ3) is 2.49. The van der Waals surface area contributed by atoms with Crippen molar-refractivity contribution in [1.82, 2.24) is 4.90 Å². The number of para-hydroxylation sites is 1. The highest BCUT2D eigenvalue weighted by atomic mass is 16.3. The number of hydrogen-bond acceptors (Lipinski definition) is 3. The molecule has 0 aliphatic heterocycles. The molecule has 4 rings (SSSR count). The predicted molar refractivity (Wildman–Crippen MR) is 82.9 cm³/mol. The lowest BCUT2D eigenvalue weighted by Crippen LogP contribution is -2.29. The molecule has 1 aromatic heterocycles. The largest absolute Gasteiger partial charge is 0.460 e. The highest BCUT2D eigenvalue weighted by Gasteiger charge is 2.42. The summed E-state index contributed by atoms with van der Waals surface area (Å²) in [5.41, 5.74) is 0.979. The van der Waals surface area contributed by atoms with E-state index in [1.54, 1.807) is 0 Å². The molecule has 2 aromatic rings. The Bertz CT molecular complexity index is 588. The molecule has 4 atom stereocenters. The third-order valence-electron chi connectivity index (χ3n) is 5.47. The normalized spacial score (nSPS) is 32.1. The molecule has 3 heteroatoms. The first-order chi connectivity index (χ1) is 10.2. The summed E-state index contributed by atoms with van der Waals surface area (Å²) in [5.74, 6) is 2.53. The topological polar surface area (TPSA) is 36.6 Å². The SMILES string of the molecule is CN(Cc1cc2ccccc2o1)C1C[C@H]2CC(O)C[C@H]2C1. The van der Waals surface area contributed by atoms with Crippen LogP contribution >= 0.6 is 0 Å². The summed E-state index contributed by atoms with van der Waals surface area (Å²) in [6, 6.07) is 11.0. The number of rotatable bonds is 3. The van der Waals surface area contributed by atoms with E-state index in [1.807, 2.05) is 12.1 Å². The summed E-state index contributed by atoms with van der Waals surface area (Å²) >= 11 is 0. The van der Waals surface area contributed by atoms with Crippen molar-refractivity contribution in [2.24, 2.45) is 11.8 Å². The molecule has 2 saturated carbocycles. The van der Waals surface area contributed by atoms with Crippen LogP contribution in [-0.4, -0.2) is 29.2 Å². The molecule has 2 aliphatic carbocycles. The van der Waals surface area contributed by atoms with Gasteiger partial charge in [0.05, 0.1) is 12.6 Å². The fourth-order valence-electron chi connectivity index (χ4n) is 4.40. The first-order valence-electron chi connectivity index (χ1n) is 8.05. The standard InChI is InChI=1S/C18H23NO2/c1-19(15-6-13-8-16(20)9-14(13)7-15)11-17-10-12-4-2-3-5-18(12)21-17/h2-5,10,13-16,20H,6-9,11H2,1H3/t13-,14+,15?,16?. The molecule has 0 spiro atoms. The molecular formula is C18H23NO2. The van der Waals surface area contributed by atoms with Crippen LogP contribution in [0, 0.1) is 11.8 Å². The molecule has 1 aromatic carbocycles. The molecule has 2 fully saturated rings. The molecule has 0 amide bonds. The van der Waals surface area contributed by atoms with Gasteiger partial charge >= 0.3 is 0 Å². The minimum absolute atomic E-state index is 0.0402.